The molecule has 1 aromatic carbocycles. The minimum absolute atomic E-state index is 0.0374. The zero-order valence-electron chi connectivity index (χ0n) is 22.4. The number of carbonyl (C=O) groups is 5. The van der Waals surface area contributed by atoms with Crippen LogP contribution in [0.2, 0.25) is 0 Å². The molecule has 0 spiro atoms. The van der Waals surface area contributed by atoms with Crippen LogP contribution >= 0.6 is 0 Å². The van der Waals surface area contributed by atoms with Crippen molar-refractivity contribution < 1.29 is 34.2 Å². The molecule has 0 aliphatic heterocycles. The zero-order chi connectivity index (χ0) is 29.0. The summed E-state index contributed by atoms with van der Waals surface area (Å²) >= 11 is 0. The van der Waals surface area contributed by atoms with Gasteiger partial charge in [-0.05, 0) is 36.0 Å². The molecule has 0 aromatic heterocycles. The van der Waals surface area contributed by atoms with Crippen molar-refractivity contribution in [2.24, 2.45) is 23.3 Å². The Bertz CT molecular complexity index is 969. The number of carbonyl (C=O) groups excluding carboxylic acids is 4. The van der Waals surface area contributed by atoms with E-state index in [-0.39, 0.29) is 30.9 Å². The Morgan fingerprint density at radius 3 is 1.89 bits per heavy atom. The average molecular weight is 536 g/mol. The lowest BCUT2D eigenvalue weighted by Crippen LogP contribution is -2.59. The normalized spacial score (nSPS) is 15.7. The van der Waals surface area contributed by atoms with Crippen LogP contribution in [-0.4, -0.2) is 64.0 Å². The molecule has 0 saturated carbocycles. The lowest BCUT2D eigenvalue weighted by atomic mass is 9.96. The van der Waals surface area contributed by atoms with Gasteiger partial charge in [-0.3, -0.25) is 19.2 Å². The van der Waals surface area contributed by atoms with Gasteiger partial charge >= 0.3 is 5.97 Å². The number of aromatic hydroxyl groups is 1. The Morgan fingerprint density at radius 1 is 0.842 bits per heavy atom. The van der Waals surface area contributed by atoms with Gasteiger partial charge in [-0.15, -0.1) is 0 Å². The molecule has 0 radical (unpaired) electrons. The smallest absolute Gasteiger partial charge is 0.326 e. The standard InChI is InChI=1S/C26H41N5O7/c1-5-14(3)21(28)24(35)30-19(13-16-7-9-17(32)10-8-16)23(34)31-22(15(4)6-2)25(36)29-18(26(37)38)11-12-20(27)33/h7-10,14-15,18-19,21-22,32H,5-6,11-13,28H2,1-4H3,(H2,27,33)(H,29,36)(H,30,35)(H,31,34)(H,37,38). The quantitative estimate of drug-likeness (QED) is 0.154. The lowest BCUT2D eigenvalue weighted by molar-refractivity contribution is -0.143. The summed E-state index contributed by atoms with van der Waals surface area (Å²) in [6.07, 6.45) is 0.737. The number of carboxylic acid groups (broad SMARTS) is 1. The van der Waals surface area contributed by atoms with Crippen molar-refractivity contribution in [3.8, 4) is 5.75 Å². The van der Waals surface area contributed by atoms with Crippen LogP contribution in [-0.2, 0) is 30.4 Å². The Kier molecular flexibility index (Phi) is 13.2. The zero-order valence-corrected chi connectivity index (χ0v) is 22.4. The van der Waals surface area contributed by atoms with E-state index >= 15 is 0 Å². The van der Waals surface area contributed by atoms with Crippen molar-refractivity contribution >= 4 is 29.6 Å². The second-order valence-electron chi connectivity index (χ2n) is 9.62. The first kappa shape index (κ1) is 32.4. The number of hydrogen-bond donors (Lipinski definition) is 7. The molecule has 4 amide bonds. The topological polar surface area (TPSA) is 214 Å². The molecule has 0 heterocycles. The van der Waals surface area contributed by atoms with Crippen LogP contribution in [0.5, 0.6) is 5.75 Å². The number of nitrogens with two attached hydrogens (primary N) is 2. The van der Waals surface area contributed by atoms with E-state index in [0.717, 1.165) is 0 Å². The molecule has 6 atom stereocenters. The Morgan fingerprint density at radius 2 is 1.39 bits per heavy atom. The fourth-order valence-electron chi connectivity index (χ4n) is 3.62. The summed E-state index contributed by atoms with van der Waals surface area (Å²) in [5.74, 6) is -4.47. The molecule has 0 aliphatic carbocycles. The molecule has 12 nitrogen and oxygen atoms in total. The van der Waals surface area contributed by atoms with Gasteiger partial charge in [0.2, 0.25) is 23.6 Å². The molecule has 6 unspecified atom stereocenters. The van der Waals surface area contributed by atoms with Crippen LogP contribution in [0.25, 0.3) is 0 Å². The monoisotopic (exact) mass is 535 g/mol. The van der Waals surface area contributed by atoms with E-state index in [2.05, 4.69) is 16.0 Å². The number of carboxylic acids is 1. The molecular weight excluding hydrogens is 494 g/mol. The van der Waals surface area contributed by atoms with Gasteiger partial charge in [0.1, 0.15) is 23.9 Å². The van der Waals surface area contributed by atoms with E-state index in [1.165, 1.54) is 12.1 Å². The van der Waals surface area contributed by atoms with E-state index in [4.69, 9.17) is 11.5 Å². The van der Waals surface area contributed by atoms with Crippen molar-refractivity contribution in [1.29, 1.82) is 0 Å². The van der Waals surface area contributed by atoms with Gasteiger partial charge in [0.15, 0.2) is 0 Å². The summed E-state index contributed by atoms with van der Waals surface area (Å²) in [6, 6.07) is 1.65. The molecular formula is C26H41N5O7. The first-order chi connectivity index (χ1) is 17.8. The van der Waals surface area contributed by atoms with E-state index in [9.17, 15) is 34.2 Å². The van der Waals surface area contributed by atoms with Gasteiger partial charge in [0.25, 0.3) is 0 Å². The Balaban J connectivity index is 3.17. The maximum Gasteiger partial charge on any atom is 0.326 e. The molecule has 0 bridgehead atoms. The van der Waals surface area contributed by atoms with Crippen molar-refractivity contribution in [2.75, 3.05) is 0 Å². The third-order valence-corrected chi connectivity index (χ3v) is 6.66. The number of rotatable bonds is 16. The highest BCUT2D eigenvalue weighted by Gasteiger charge is 2.33. The fourth-order valence-corrected chi connectivity index (χ4v) is 3.62. The summed E-state index contributed by atoms with van der Waals surface area (Å²) in [6.45, 7) is 7.23. The number of nitrogens with one attached hydrogen (secondary N) is 3. The van der Waals surface area contributed by atoms with Crippen molar-refractivity contribution in [3.63, 3.8) is 0 Å². The average Bonchev–Trinajstić information content (AvgIpc) is 2.88. The Labute approximate surface area is 222 Å². The van der Waals surface area contributed by atoms with Gasteiger partial charge in [-0.25, -0.2) is 4.79 Å². The van der Waals surface area contributed by atoms with E-state index in [0.29, 0.717) is 18.4 Å². The second kappa shape index (κ2) is 15.6. The largest absolute Gasteiger partial charge is 0.508 e. The second-order valence-corrected chi connectivity index (χ2v) is 9.62. The van der Waals surface area contributed by atoms with E-state index < -0.39 is 59.7 Å². The van der Waals surface area contributed by atoms with Gasteiger partial charge in [0.05, 0.1) is 6.04 Å². The first-order valence-corrected chi connectivity index (χ1v) is 12.8. The number of aliphatic carboxylic acids is 1. The first-order valence-electron chi connectivity index (χ1n) is 12.8. The lowest BCUT2D eigenvalue weighted by Gasteiger charge is -2.28. The third-order valence-electron chi connectivity index (χ3n) is 6.66. The fraction of sp³-hybridized carbons (Fsp3) is 0.577. The summed E-state index contributed by atoms with van der Waals surface area (Å²) < 4.78 is 0. The highest BCUT2D eigenvalue weighted by Crippen LogP contribution is 2.14. The highest BCUT2D eigenvalue weighted by molar-refractivity contribution is 5.94. The Hall–Kier alpha value is -3.67. The highest BCUT2D eigenvalue weighted by atomic mass is 16.4. The van der Waals surface area contributed by atoms with Gasteiger partial charge in [-0.2, -0.15) is 0 Å². The molecule has 1 rings (SSSR count). The minimum atomic E-state index is -1.38. The van der Waals surface area contributed by atoms with Crippen LogP contribution < -0.4 is 27.4 Å². The number of primary amides is 1. The summed E-state index contributed by atoms with van der Waals surface area (Å²) in [7, 11) is 0. The van der Waals surface area contributed by atoms with E-state index in [1.54, 1.807) is 26.0 Å². The van der Waals surface area contributed by atoms with Crippen LogP contribution in [0.1, 0.15) is 58.9 Å². The summed E-state index contributed by atoms with van der Waals surface area (Å²) in [5.41, 5.74) is 11.8. The molecule has 0 aliphatic rings. The van der Waals surface area contributed by atoms with Gasteiger partial charge in [-0.1, -0.05) is 52.7 Å². The summed E-state index contributed by atoms with van der Waals surface area (Å²) in [5, 5.41) is 26.7. The third kappa shape index (κ3) is 10.4. The van der Waals surface area contributed by atoms with Crippen LogP contribution in [0.15, 0.2) is 24.3 Å². The molecule has 38 heavy (non-hydrogen) atoms. The van der Waals surface area contributed by atoms with E-state index in [1.807, 2.05) is 13.8 Å². The van der Waals surface area contributed by atoms with Crippen LogP contribution in [0, 0.1) is 11.8 Å². The summed E-state index contributed by atoms with van der Waals surface area (Å²) in [4.78, 5) is 62.0. The predicted molar refractivity (Wildman–Crippen MR) is 141 cm³/mol. The number of amides is 4. The molecule has 9 N–H and O–H groups in total. The molecule has 212 valence electrons. The molecule has 0 saturated heterocycles. The number of phenolic OH excluding ortho intramolecular Hbond substituents is 1. The van der Waals surface area contributed by atoms with Crippen molar-refractivity contribution in [2.45, 2.75) is 84.0 Å². The molecule has 0 fully saturated rings. The minimum Gasteiger partial charge on any atom is -0.508 e. The predicted octanol–water partition coefficient (Wildman–Crippen LogP) is 0.159. The SMILES string of the molecule is CCC(C)C(N)C(=O)NC(Cc1ccc(O)cc1)C(=O)NC(C(=O)NC(CCC(N)=O)C(=O)O)C(C)CC. The molecule has 12 heteroatoms. The van der Waals surface area contributed by atoms with Gasteiger partial charge < -0.3 is 37.6 Å². The maximum absolute atomic E-state index is 13.4. The number of benzene rings is 1. The molecule has 1 aromatic rings. The van der Waals surface area contributed by atoms with Gasteiger partial charge in [0, 0.05) is 12.8 Å². The number of hydrogen-bond acceptors (Lipinski definition) is 7. The van der Waals surface area contributed by atoms with Crippen LogP contribution in [0.3, 0.4) is 0 Å². The van der Waals surface area contributed by atoms with Crippen molar-refractivity contribution in [1.82, 2.24) is 16.0 Å². The number of phenols is 1. The van der Waals surface area contributed by atoms with Crippen LogP contribution in [0.4, 0.5) is 0 Å². The maximum atomic E-state index is 13.4. The van der Waals surface area contributed by atoms with Crippen molar-refractivity contribution in [3.05, 3.63) is 29.8 Å².